The first-order chi connectivity index (χ1) is 12.6. The van der Waals surface area contributed by atoms with Crippen LogP contribution in [0.25, 0.3) is 10.2 Å². The van der Waals surface area contributed by atoms with Gasteiger partial charge in [-0.05, 0) is 56.7 Å². The van der Waals surface area contributed by atoms with Crippen molar-refractivity contribution in [3.8, 4) is 0 Å². The summed E-state index contributed by atoms with van der Waals surface area (Å²) in [5, 5.41) is 3.63. The normalized spacial score (nSPS) is 14.8. The summed E-state index contributed by atoms with van der Waals surface area (Å²) in [6, 6.07) is 6.98. The van der Waals surface area contributed by atoms with E-state index < -0.39 is 6.04 Å². The van der Waals surface area contributed by atoms with Gasteiger partial charge >= 0.3 is 0 Å². The van der Waals surface area contributed by atoms with Crippen LogP contribution < -0.4 is 10.9 Å². The number of carbonyl (C=O) groups is 1. The van der Waals surface area contributed by atoms with E-state index in [1.165, 1.54) is 22.2 Å². The lowest BCUT2D eigenvalue weighted by Crippen LogP contribution is -2.32. The number of carbonyl (C=O) groups excluding carboxylic acids is 1. The first-order valence-electron chi connectivity index (χ1n) is 8.94. The number of benzene rings is 1. The zero-order valence-electron chi connectivity index (χ0n) is 14.9. The molecule has 0 saturated heterocycles. The molecule has 1 unspecified atom stereocenters. The smallest absolute Gasteiger partial charge is 0.263 e. The Bertz CT molecular complexity index is 1050. The van der Waals surface area contributed by atoms with E-state index in [-0.39, 0.29) is 11.5 Å². The Labute approximate surface area is 155 Å². The molecule has 134 valence electrons. The Balaban J connectivity index is 1.70. The van der Waals surface area contributed by atoms with Gasteiger partial charge < -0.3 is 5.32 Å². The summed E-state index contributed by atoms with van der Waals surface area (Å²) in [5.41, 5.74) is 2.79. The number of nitrogens with one attached hydrogen (secondary N) is 1. The second-order valence-corrected chi connectivity index (χ2v) is 7.91. The highest BCUT2D eigenvalue weighted by atomic mass is 32.1. The van der Waals surface area contributed by atoms with Gasteiger partial charge in [0, 0.05) is 10.6 Å². The fraction of sp³-hybridized carbons (Fsp3) is 0.350. The number of nitrogens with zero attached hydrogens (tertiary/aromatic N) is 2. The highest BCUT2D eigenvalue weighted by Gasteiger charge is 2.23. The molecular weight excluding hydrogens is 346 g/mol. The summed E-state index contributed by atoms with van der Waals surface area (Å²) in [7, 11) is 0. The van der Waals surface area contributed by atoms with Crippen LogP contribution >= 0.6 is 11.3 Å². The molecule has 26 heavy (non-hydrogen) atoms. The van der Waals surface area contributed by atoms with Crippen molar-refractivity contribution in [3.05, 3.63) is 57.0 Å². The van der Waals surface area contributed by atoms with Crippen molar-refractivity contribution in [3.63, 3.8) is 0 Å². The van der Waals surface area contributed by atoms with E-state index in [4.69, 9.17) is 0 Å². The second-order valence-electron chi connectivity index (χ2n) is 6.83. The maximum atomic E-state index is 13.1. The van der Waals surface area contributed by atoms with Gasteiger partial charge in [-0.15, -0.1) is 11.3 Å². The standard InChI is InChI=1S/C20H21N3O2S/c1-12-7-3-5-9-15(12)22-18(24)13(2)23-11-21-19-17(20(23)25)14-8-4-6-10-16(14)26-19/h3,5,7,9,11,13H,4,6,8,10H2,1-2H3,(H,22,24). The Morgan fingerprint density at radius 1 is 1.27 bits per heavy atom. The van der Waals surface area contributed by atoms with Gasteiger partial charge in [-0.3, -0.25) is 14.2 Å². The minimum absolute atomic E-state index is 0.109. The Kier molecular flexibility index (Phi) is 4.36. The molecule has 3 aromatic rings. The van der Waals surface area contributed by atoms with E-state index in [0.29, 0.717) is 5.39 Å². The average Bonchev–Trinajstić information content (AvgIpc) is 3.02. The molecule has 5 nitrogen and oxygen atoms in total. The molecule has 0 saturated carbocycles. The van der Waals surface area contributed by atoms with Gasteiger partial charge in [-0.1, -0.05) is 18.2 Å². The summed E-state index contributed by atoms with van der Waals surface area (Å²) in [6.07, 6.45) is 5.74. The van der Waals surface area contributed by atoms with Crippen molar-refractivity contribution in [1.29, 1.82) is 0 Å². The maximum absolute atomic E-state index is 13.1. The molecule has 6 heteroatoms. The lowest BCUT2D eigenvalue weighted by Gasteiger charge is -2.16. The topological polar surface area (TPSA) is 64.0 Å². The third-order valence-electron chi connectivity index (χ3n) is 5.10. The molecule has 0 bridgehead atoms. The minimum atomic E-state index is -0.627. The van der Waals surface area contributed by atoms with E-state index in [1.807, 2.05) is 31.2 Å². The van der Waals surface area contributed by atoms with Crippen LogP contribution in [0.1, 0.15) is 41.8 Å². The Hall–Kier alpha value is -2.47. The van der Waals surface area contributed by atoms with E-state index in [2.05, 4.69) is 10.3 Å². The molecule has 1 N–H and O–H groups in total. The number of hydrogen-bond donors (Lipinski definition) is 1. The van der Waals surface area contributed by atoms with Crippen LogP contribution in [0.4, 0.5) is 5.69 Å². The lowest BCUT2D eigenvalue weighted by molar-refractivity contribution is -0.118. The number of aryl methyl sites for hydroxylation is 3. The number of rotatable bonds is 3. The fourth-order valence-electron chi connectivity index (χ4n) is 3.51. The van der Waals surface area contributed by atoms with Crippen LogP contribution in [-0.2, 0) is 17.6 Å². The highest BCUT2D eigenvalue weighted by molar-refractivity contribution is 7.18. The van der Waals surface area contributed by atoms with Crippen LogP contribution in [-0.4, -0.2) is 15.5 Å². The van der Waals surface area contributed by atoms with E-state index in [0.717, 1.165) is 40.9 Å². The molecule has 1 aliphatic carbocycles. The Morgan fingerprint density at radius 3 is 2.85 bits per heavy atom. The molecule has 2 aromatic heterocycles. The zero-order chi connectivity index (χ0) is 18.3. The summed E-state index contributed by atoms with van der Waals surface area (Å²) >= 11 is 1.62. The van der Waals surface area contributed by atoms with Crippen molar-refractivity contribution >= 4 is 33.1 Å². The SMILES string of the molecule is Cc1ccccc1NC(=O)C(C)n1cnc2sc3c(c2c1=O)CCCC3. The predicted molar refractivity (Wildman–Crippen MR) is 105 cm³/mol. The van der Waals surface area contributed by atoms with Crippen molar-refractivity contribution in [2.45, 2.75) is 45.6 Å². The van der Waals surface area contributed by atoms with Crippen LogP contribution in [0.3, 0.4) is 0 Å². The van der Waals surface area contributed by atoms with Gasteiger partial charge in [0.25, 0.3) is 5.56 Å². The molecule has 1 aliphatic rings. The largest absolute Gasteiger partial charge is 0.324 e. The van der Waals surface area contributed by atoms with Gasteiger partial charge in [0.2, 0.25) is 5.91 Å². The molecular formula is C20H21N3O2S. The van der Waals surface area contributed by atoms with Crippen LogP contribution in [0, 0.1) is 6.92 Å². The van der Waals surface area contributed by atoms with Crippen molar-refractivity contribution in [1.82, 2.24) is 9.55 Å². The highest BCUT2D eigenvalue weighted by Crippen LogP contribution is 2.33. The maximum Gasteiger partial charge on any atom is 0.263 e. The first kappa shape index (κ1) is 17.0. The molecule has 1 aromatic carbocycles. The number of hydrogen-bond acceptors (Lipinski definition) is 4. The molecule has 0 aliphatic heterocycles. The van der Waals surface area contributed by atoms with E-state index in [1.54, 1.807) is 18.3 Å². The predicted octanol–water partition coefficient (Wildman–Crippen LogP) is 3.84. The molecule has 0 spiro atoms. The van der Waals surface area contributed by atoms with Crippen LogP contribution in [0.15, 0.2) is 35.4 Å². The molecule has 4 rings (SSSR count). The van der Waals surface area contributed by atoms with Gasteiger partial charge in [0.15, 0.2) is 0 Å². The van der Waals surface area contributed by atoms with Gasteiger partial charge in [0.05, 0.1) is 11.7 Å². The van der Waals surface area contributed by atoms with Gasteiger partial charge in [-0.25, -0.2) is 4.98 Å². The number of anilines is 1. The summed E-state index contributed by atoms with van der Waals surface area (Å²) < 4.78 is 1.46. The number of amides is 1. The molecule has 0 radical (unpaired) electrons. The number of fused-ring (bicyclic) bond motifs is 3. The van der Waals surface area contributed by atoms with E-state index in [9.17, 15) is 9.59 Å². The Morgan fingerprint density at radius 2 is 2.04 bits per heavy atom. The number of para-hydroxylation sites is 1. The van der Waals surface area contributed by atoms with E-state index >= 15 is 0 Å². The summed E-state index contributed by atoms with van der Waals surface area (Å²) in [6.45, 7) is 3.68. The number of aromatic nitrogens is 2. The first-order valence-corrected chi connectivity index (χ1v) is 9.76. The molecule has 2 heterocycles. The zero-order valence-corrected chi connectivity index (χ0v) is 15.7. The van der Waals surface area contributed by atoms with Crippen molar-refractivity contribution in [2.24, 2.45) is 0 Å². The quantitative estimate of drug-likeness (QED) is 0.765. The second kappa shape index (κ2) is 6.68. The van der Waals surface area contributed by atoms with Crippen LogP contribution in [0.2, 0.25) is 0 Å². The third kappa shape index (κ3) is 2.84. The monoisotopic (exact) mass is 367 g/mol. The van der Waals surface area contributed by atoms with Crippen LogP contribution in [0.5, 0.6) is 0 Å². The summed E-state index contributed by atoms with van der Waals surface area (Å²) in [5.74, 6) is -0.216. The number of thiophene rings is 1. The lowest BCUT2D eigenvalue weighted by atomic mass is 9.97. The third-order valence-corrected chi connectivity index (χ3v) is 6.30. The molecule has 1 atom stereocenters. The van der Waals surface area contributed by atoms with Gasteiger partial charge in [0.1, 0.15) is 10.9 Å². The minimum Gasteiger partial charge on any atom is -0.324 e. The molecule has 0 fully saturated rings. The van der Waals surface area contributed by atoms with Crippen molar-refractivity contribution in [2.75, 3.05) is 5.32 Å². The summed E-state index contributed by atoms with van der Waals surface area (Å²) in [4.78, 5) is 32.3. The fourth-order valence-corrected chi connectivity index (χ4v) is 4.73. The van der Waals surface area contributed by atoms with Crippen molar-refractivity contribution < 1.29 is 4.79 Å². The molecule has 1 amide bonds. The van der Waals surface area contributed by atoms with Gasteiger partial charge in [-0.2, -0.15) is 0 Å². The average molecular weight is 367 g/mol.